The Bertz CT molecular complexity index is 5630. The standard InChI is InChI=1S/C90H54N8/c1-93-83-36-19-18-34-73(83)78-55-70(98-86-47-39-65(61-26-10-4-11-27-61)52-81(86)82-53-66(40-48-87(82)98)62-28-12-5-13-29-62)42-44-76(78)90-95-88(74-35-17-16-32-71(74)67-31-20-21-58(49-67)56-91)94-89(96-90)75-43-41-69(54-77(75)72-33-15-14-30-68(72)57-92)97-84-45-37-63(59-22-6-2-7-23-59)50-79(84)80-51-64(38-46-85(80)97)60-24-8-3-9-25-60/h2-55H. The van der Waals surface area contributed by atoms with E-state index in [1.165, 1.54) is 0 Å². The monoisotopic (exact) mass is 1250 g/mol. The van der Waals surface area contributed by atoms with Crippen molar-refractivity contribution in [2.75, 3.05) is 0 Å². The first-order chi connectivity index (χ1) is 48.4. The predicted molar refractivity (Wildman–Crippen MR) is 399 cm³/mol. The number of hydrogen-bond donors (Lipinski definition) is 0. The molecule has 0 atom stereocenters. The number of nitriles is 2. The van der Waals surface area contributed by atoms with Crippen molar-refractivity contribution in [1.82, 2.24) is 24.1 Å². The van der Waals surface area contributed by atoms with Crippen LogP contribution in [0.1, 0.15) is 11.1 Å². The van der Waals surface area contributed by atoms with Gasteiger partial charge >= 0.3 is 0 Å². The van der Waals surface area contributed by atoms with E-state index in [0.717, 1.165) is 122 Å². The van der Waals surface area contributed by atoms with Crippen molar-refractivity contribution in [3.05, 3.63) is 350 Å². The van der Waals surface area contributed by atoms with E-state index in [1.807, 2.05) is 115 Å². The molecule has 0 unspecified atom stereocenters. The van der Waals surface area contributed by atoms with Gasteiger partial charge in [0.05, 0.1) is 51.9 Å². The molecule has 0 aliphatic rings. The van der Waals surface area contributed by atoms with Crippen molar-refractivity contribution in [2.24, 2.45) is 0 Å². The Kier molecular flexibility index (Phi) is 14.5. The van der Waals surface area contributed by atoms with Crippen molar-refractivity contribution >= 4 is 49.3 Å². The van der Waals surface area contributed by atoms with Gasteiger partial charge in [-0.2, -0.15) is 10.5 Å². The second-order valence-corrected chi connectivity index (χ2v) is 24.4. The van der Waals surface area contributed by atoms with E-state index in [9.17, 15) is 10.5 Å². The summed E-state index contributed by atoms with van der Waals surface area (Å²) in [7, 11) is 0. The minimum atomic E-state index is 0.362. The van der Waals surface area contributed by atoms with Crippen LogP contribution >= 0.6 is 0 Å². The minimum absolute atomic E-state index is 0.362. The second kappa shape index (κ2) is 24.6. The first-order valence-electron chi connectivity index (χ1n) is 32.5. The molecule has 0 aliphatic carbocycles. The zero-order valence-electron chi connectivity index (χ0n) is 52.8. The Morgan fingerprint density at radius 1 is 0.265 bits per heavy atom. The lowest BCUT2D eigenvalue weighted by Gasteiger charge is -2.18. The van der Waals surface area contributed by atoms with Gasteiger partial charge in [0, 0.05) is 55.2 Å². The lowest BCUT2D eigenvalue weighted by Crippen LogP contribution is -2.04. The van der Waals surface area contributed by atoms with E-state index in [2.05, 4.69) is 232 Å². The fourth-order valence-electron chi connectivity index (χ4n) is 14.1. The highest BCUT2D eigenvalue weighted by Crippen LogP contribution is 2.46. The molecule has 0 radical (unpaired) electrons. The van der Waals surface area contributed by atoms with Crippen LogP contribution in [0.2, 0.25) is 0 Å². The fraction of sp³-hybridized carbons (Fsp3) is 0. The van der Waals surface area contributed by atoms with E-state index in [1.54, 1.807) is 6.07 Å². The number of aromatic nitrogens is 5. The summed E-state index contributed by atoms with van der Waals surface area (Å²) in [6.07, 6.45) is 0. The number of fused-ring (bicyclic) bond motifs is 6. The maximum Gasteiger partial charge on any atom is 0.194 e. The summed E-state index contributed by atoms with van der Waals surface area (Å²) in [5, 5.41) is 25.6. The van der Waals surface area contributed by atoms with E-state index < -0.39 is 0 Å². The smallest absolute Gasteiger partial charge is 0.194 e. The average molecular weight is 1250 g/mol. The van der Waals surface area contributed by atoms with Crippen LogP contribution in [0.5, 0.6) is 0 Å². The molecule has 0 bridgehead atoms. The van der Waals surface area contributed by atoms with Gasteiger partial charge in [0.2, 0.25) is 0 Å². The molecule has 0 saturated carbocycles. The Morgan fingerprint density at radius 3 is 1.04 bits per heavy atom. The first-order valence-corrected chi connectivity index (χ1v) is 32.5. The summed E-state index contributed by atoms with van der Waals surface area (Å²) in [5.41, 5.74) is 22.8. The van der Waals surface area contributed by atoms with Crippen molar-refractivity contribution in [2.45, 2.75) is 0 Å². The largest absolute Gasteiger partial charge is 0.309 e. The highest BCUT2D eigenvalue weighted by atomic mass is 15.0. The molecule has 0 spiro atoms. The first kappa shape index (κ1) is 58.0. The maximum absolute atomic E-state index is 11.0. The third-order valence-corrected chi connectivity index (χ3v) is 18.7. The molecule has 454 valence electrons. The van der Waals surface area contributed by atoms with Crippen LogP contribution in [0.3, 0.4) is 0 Å². The van der Waals surface area contributed by atoms with Crippen molar-refractivity contribution in [3.63, 3.8) is 0 Å². The lowest BCUT2D eigenvalue weighted by molar-refractivity contribution is 1.07. The van der Waals surface area contributed by atoms with Gasteiger partial charge in [0.25, 0.3) is 0 Å². The Balaban J connectivity index is 0.914. The topological polar surface area (TPSA) is 100 Å². The molecule has 8 heteroatoms. The molecule has 3 aromatic heterocycles. The van der Waals surface area contributed by atoms with Gasteiger partial charge in [0.1, 0.15) is 0 Å². The van der Waals surface area contributed by atoms with Crippen LogP contribution in [0, 0.1) is 29.2 Å². The number of rotatable bonds is 12. The number of para-hydroxylation sites is 1. The maximum atomic E-state index is 11.0. The Hall–Kier alpha value is -13.8. The van der Waals surface area contributed by atoms with Crippen LogP contribution in [0.25, 0.3) is 172 Å². The van der Waals surface area contributed by atoms with Crippen molar-refractivity contribution < 1.29 is 0 Å². The Morgan fingerprint density at radius 2 is 0.622 bits per heavy atom. The summed E-state index contributed by atoms with van der Waals surface area (Å²) in [6.45, 7) is 8.65. The number of hydrogen-bond acceptors (Lipinski definition) is 5. The highest BCUT2D eigenvalue weighted by Gasteiger charge is 2.25. The highest BCUT2D eigenvalue weighted by molar-refractivity contribution is 6.13. The zero-order chi connectivity index (χ0) is 65.6. The minimum Gasteiger partial charge on any atom is -0.309 e. The molecule has 0 N–H and O–H groups in total. The molecular weight excluding hydrogens is 1190 g/mol. The zero-order valence-corrected chi connectivity index (χ0v) is 52.8. The summed E-state index contributed by atoms with van der Waals surface area (Å²) >= 11 is 0. The van der Waals surface area contributed by atoms with Crippen LogP contribution in [0.4, 0.5) is 5.69 Å². The van der Waals surface area contributed by atoms with Crippen LogP contribution in [0.15, 0.2) is 328 Å². The lowest BCUT2D eigenvalue weighted by atomic mass is 9.94. The summed E-state index contributed by atoms with van der Waals surface area (Å²) in [6, 6.07) is 117. The van der Waals surface area contributed by atoms with Gasteiger partial charge in [-0.3, -0.25) is 0 Å². The van der Waals surface area contributed by atoms with E-state index in [-0.39, 0.29) is 0 Å². The number of nitrogens with zero attached hydrogens (tertiary/aromatic N) is 8. The van der Waals surface area contributed by atoms with Crippen LogP contribution < -0.4 is 0 Å². The van der Waals surface area contributed by atoms with E-state index in [4.69, 9.17) is 21.5 Å². The summed E-state index contributed by atoms with van der Waals surface area (Å²) in [5.74, 6) is 1.11. The molecule has 8 nitrogen and oxygen atoms in total. The van der Waals surface area contributed by atoms with Crippen molar-refractivity contribution in [1.29, 1.82) is 10.5 Å². The third kappa shape index (κ3) is 10.3. The van der Waals surface area contributed by atoms with Gasteiger partial charge in [0.15, 0.2) is 23.2 Å². The molecular formula is C90H54N8. The van der Waals surface area contributed by atoms with Crippen LogP contribution in [-0.2, 0) is 0 Å². The molecule has 3 heterocycles. The fourth-order valence-corrected chi connectivity index (χ4v) is 14.1. The van der Waals surface area contributed by atoms with E-state index >= 15 is 0 Å². The van der Waals surface area contributed by atoms with Gasteiger partial charge in [-0.05, 0) is 175 Å². The molecule has 0 amide bonds. The normalized spacial score (nSPS) is 11.2. The van der Waals surface area contributed by atoms with Crippen LogP contribution in [-0.4, -0.2) is 24.1 Å². The average Bonchev–Trinajstić information content (AvgIpc) is 1.55. The second-order valence-electron chi connectivity index (χ2n) is 24.4. The molecule has 0 fully saturated rings. The van der Waals surface area contributed by atoms with Gasteiger partial charge in [-0.15, -0.1) is 0 Å². The summed E-state index contributed by atoms with van der Waals surface area (Å²) < 4.78 is 4.64. The van der Waals surface area contributed by atoms with E-state index in [0.29, 0.717) is 62.1 Å². The molecule has 14 aromatic carbocycles. The molecule has 17 aromatic rings. The molecule has 0 aliphatic heterocycles. The molecule has 17 rings (SSSR count). The van der Waals surface area contributed by atoms with Gasteiger partial charge < -0.3 is 9.13 Å². The Labute approximate surface area is 566 Å². The predicted octanol–water partition coefficient (Wildman–Crippen LogP) is 23.0. The van der Waals surface area contributed by atoms with Gasteiger partial charge in [-0.1, -0.05) is 224 Å². The molecule has 98 heavy (non-hydrogen) atoms. The quantitative estimate of drug-likeness (QED) is 0.113. The SMILES string of the molecule is [C-]#[N+]c1ccccc1-c1cc(-n2c3ccc(-c4ccccc4)cc3c3cc(-c4ccccc4)ccc32)ccc1-c1nc(-c2ccccc2-c2cccc(C#N)c2)nc(-c2ccc(-n3c4ccc(-c5ccccc5)cc4c4cc(-c5ccccc5)ccc43)cc2-c2ccccc2C#N)n1. The number of benzene rings is 14. The third-order valence-electron chi connectivity index (χ3n) is 18.7. The summed E-state index contributed by atoms with van der Waals surface area (Å²) in [4.78, 5) is 20.8. The van der Waals surface area contributed by atoms with Crippen molar-refractivity contribution in [3.8, 4) is 136 Å². The molecule has 0 saturated heterocycles. The van der Waals surface area contributed by atoms with Gasteiger partial charge in [-0.25, -0.2) is 19.8 Å².